The van der Waals surface area contributed by atoms with Gasteiger partial charge in [-0.15, -0.1) is 0 Å². The van der Waals surface area contributed by atoms with Gasteiger partial charge in [-0.2, -0.15) is 0 Å². The molecule has 0 fully saturated rings. The quantitative estimate of drug-likeness (QED) is 0.618. The van der Waals surface area contributed by atoms with E-state index in [9.17, 15) is 0 Å². The van der Waals surface area contributed by atoms with E-state index in [2.05, 4.69) is 26.5 Å². The van der Waals surface area contributed by atoms with E-state index in [-0.39, 0.29) is 0 Å². The van der Waals surface area contributed by atoms with Gasteiger partial charge in [0.05, 0.1) is 17.1 Å². The molecule has 0 saturated carbocycles. The molecule has 0 aliphatic heterocycles. The lowest BCUT2D eigenvalue weighted by Gasteiger charge is -2.06. The number of allylic oxidation sites excluding steroid dienone is 1. The minimum atomic E-state index is 0.369. The molecule has 0 aliphatic rings. The highest BCUT2D eigenvalue weighted by atomic mass is 14.9. The van der Waals surface area contributed by atoms with Gasteiger partial charge < -0.3 is 15.4 Å². The number of aromatic nitrogens is 4. The molecule has 120 valence electrons. The predicted octanol–water partition coefficient (Wildman–Crippen LogP) is 4.14. The minimum absolute atomic E-state index is 0.369. The van der Waals surface area contributed by atoms with Crippen molar-refractivity contribution in [2.24, 2.45) is 0 Å². The fourth-order valence-electron chi connectivity index (χ4n) is 2.43. The van der Waals surface area contributed by atoms with E-state index in [0.29, 0.717) is 5.71 Å². The normalized spacial score (nSPS) is 11.1. The Balaban J connectivity index is 1.87. The summed E-state index contributed by atoms with van der Waals surface area (Å²) >= 11 is 0. The summed E-state index contributed by atoms with van der Waals surface area (Å²) in [7, 11) is 0. The van der Waals surface area contributed by atoms with Crippen molar-refractivity contribution < 1.29 is 0 Å². The van der Waals surface area contributed by atoms with Crippen LogP contribution in [-0.4, -0.2) is 25.6 Å². The number of nitrogens with zero attached hydrogens (tertiary/aromatic N) is 2. The Morgan fingerprint density at radius 1 is 1.12 bits per heavy atom. The van der Waals surface area contributed by atoms with E-state index in [0.717, 1.165) is 39.7 Å². The van der Waals surface area contributed by atoms with Crippen LogP contribution in [0.1, 0.15) is 28.3 Å². The first kappa shape index (κ1) is 15.7. The van der Waals surface area contributed by atoms with Gasteiger partial charge >= 0.3 is 0 Å². The fraction of sp³-hybridized carbons (Fsp3) is 0.105. The molecule has 0 radical (unpaired) electrons. The van der Waals surface area contributed by atoms with E-state index >= 15 is 0 Å². The van der Waals surface area contributed by atoms with Crippen molar-refractivity contribution in [3.8, 4) is 11.4 Å². The van der Waals surface area contributed by atoms with Gasteiger partial charge in [-0.25, -0.2) is 4.98 Å². The number of pyridine rings is 1. The molecule has 3 rings (SSSR count). The Bertz CT molecular complexity index is 927. The predicted molar refractivity (Wildman–Crippen MR) is 98.0 cm³/mol. The molecule has 3 aromatic heterocycles. The molecule has 3 heterocycles. The standard InChI is InChI=1S/C19H19N5/c1-4-14-9-15(11-22-19(14)17-7-5-12(2)23-17)16(20)6-8-18-21-10-13(3)24-18/h4-11,20,23H,1H2,2-3H3,(H,21,24)/b8-6-,20-16?. The highest BCUT2D eigenvalue weighted by Crippen LogP contribution is 2.23. The van der Waals surface area contributed by atoms with Crippen molar-refractivity contribution in [3.05, 3.63) is 71.6 Å². The Kier molecular flexibility index (Phi) is 4.24. The summed E-state index contributed by atoms with van der Waals surface area (Å²) in [5.41, 5.74) is 5.84. The van der Waals surface area contributed by atoms with Gasteiger partial charge in [0.15, 0.2) is 0 Å². The number of rotatable bonds is 5. The zero-order valence-corrected chi connectivity index (χ0v) is 13.7. The molecule has 24 heavy (non-hydrogen) atoms. The molecule has 0 unspecified atom stereocenters. The first-order valence-corrected chi connectivity index (χ1v) is 7.64. The van der Waals surface area contributed by atoms with Crippen LogP contribution < -0.4 is 0 Å². The number of imidazole rings is 1. The summed E-state index contributed by atoms with van der Waals surface area (Å²) in [5, 5.41) is 8.23. The molecule has 0 aromatic carbocycles. The second-order valence-electron chi connectivity index (χ2n) is 5.62. The van der Waals surface area contributed by atoms with Gasteiger partial charge in [0.1, 0.15) is 5.82 Å². The van der Waals surface area contributed by atoms with E-state index in [1.165, 1.54) is 0 Å². The van der Waals surface area contributed by atoms with Crippen molar-refractivity contribution in [2.75, 3.05) is 0 Å². The van der Waals surface area contributed by atoms with E-state index in [1.54, 1.807) is 30.6 Å². The zero-order chi connectivity index (χ0) is 17.1. The van der Waals surface area contributed by atoms with Crippen molar-refractivity contribution in [2.45, 2.75) is 13.8 Å². The van der Waals surface area contributed by atoms with Crippen LogP contribution in [0.25, 0.3) is 23.5 Å². The molecule has 3 aromatic rings. The van der Waals surface area contributed by atoms with Crippen LogP contribution in [-0.2, 0) is 0 Å². The molecular formula is C19H19N5. The molecule has 0 aliphatic carbocycles. The van der Waals surface area contributed by atoms with Crippen LogP contribution in [0.15, 0.2) is 43.2 Å². The van der Waals surface area contributed by atoms with E-state index < -0.39 is 0 Å². The van der Waals surface area contributed by atoms with E-state index in [1.807, 2.05) is 32.0 Å². The van der Waals surface area contributed by atoms with Crippen LogP contribution in [0, 0.1) is 19.3 Å². The molecule has 5 heteroatoms. The monoisotopic (exact) mass is 317 g/mol. The van der Waals surface area contributed by atoms with Crippen LogP contribution in [0.4, 0.5) is 0 Å². The molecule has 0 amide bonds. The zero-order valence-electron chi connectivity index (χ0n) is 13.7. The van der Waals surface area contributed by atoms with Crippen molar-refractivity contribution >= 4 is 17.9 Å². The fourth-order valence-corrected chi connectivity index (χ4v) is 2.43. The van der Waals surface area contributed by atoms with Gasteiger partial charge in [-0.3, -0.25) is 4.98 Å². The number of hydrogen-bond donors (Lipinski definition) is 3. The minimum Gasteiger partial charge on any atom is -0.357 e. The van der Waals surface area contributed by atoms with E-state index in [4.69, 9.17) is 5.41 Å². The molecule has 0 spiro atoms. The number of aryl methyl sites for hydroxylation is 2. The first-order chi connectivity index (χ1) is 11.6. The van der Waals surface area contributed by atoms with Crippen LogP contribution in [0.2, 0.25) is 0 Å². The van der Waals surface area contributed by atoms with Crippen LogP contribution in [0.5, 0.6) is 0 Å². The third kappa shape index (κ3) is 3.25. The maximum Gasteiger partial charge on any atom is 0.130 e. The number of H-pyrrole nitrogens is 2. The maximum atomic E-state index is 8.23. The summed E-state index contributed by atoms with van der Waals surface area (Å²) < 4.78 is 0. The Hall–Kier alpha value is -3.21. The summed E-state index contributed by atoms with van der Waals surface area (Å²) in [5.74, 6) is 0.729. The molecule has 0 bridgehead atoms. The smallest absolute Gasteiger partial charge is 0.130 e. The van der Waals surface area contributed by atoms with Crippen molar-refractivity contribution in [3.63, 3.8) is 0 Å². The van der Waals surface area contributed by atoms with Crippen LogP contribution in [0.3, 0.4) is 0 Å². The van der Waals surface area contributed by atoms with Crippen LogP contribution >= 0.6 is 0 Å². The first-order valence-electron chi connectivity index (χ1n) is 7.64. The second kappa shape index (κ2) is 6.50. The summed E-state index contributed by atoms with van der Waals surface area (Å²) in [6, 6.07) is 5.92. The number of aromatic amines is 2. The Morgan fingerprint density at radius 3 is 2.58 bits per heavy atom. The lowest BCUT2D eigenvalue weighted by molar-refractivity contribution is 1.22. The Morgan fingerprint density at radius 2 is 1.96 bits per heavy atom. The molecule has 3 N–H and O–H groups in total. The second-order valence-corrected chi connectivity index (χ2v) is 5.62. The molecule has 0 atom stereocenters. The maximum absolute atomic E-state index is 8.23. The SMILES string of the molecule is C=Cc1cc(C(=N)/C=C\c2ncc(C)[nH]2)cnc1-c1ccc(C)[nH]1. The third-order valence-electron chi connectivity index (χ3n) is 3.67. The largest absolute Gasteiger partial charge is 0.357 e. The summed E-state index contributed by atoms with van der Waals surface area (Å²) in [6.45, 7) is 7.81. The lowest BCUT2D eigenvalue weighted by atomic mass is 10.1. The summed E-state index contributed by atoms with van der Waals surface area (Å²) in [6.07, 6.45) is 8.72. The third-order valence-corrected chi connectivity index (χ3v) is 3.67. The highest BCUT2D eigenvalue weighted by Gasteiger charge is 2.09. The lowest BCUT2D eigenvalue weighted by Crippen LogP contribution is -1.99. The van der Waals surface area contributed by atoms with Crippen molar-refractivity contribution in [1.82, 2.24) is 19.9 Å². The van der Waals surface area contributed by atoms with Gasteiger partial charge in [0.25, 0.3) is 0 Å². The van der Waals surface area contributed by atoms with Gasteiger partial charge in [-0.05, 0) is 44.2 Å². The van der Waals surface area contributed by atoms with Gasteiger partial charge in [-0.1, -0.05) is 12.7 Å². The number of hydrogen-bond acceptors (Lipinski definition) is 3. The number of nitrogens with one attached hydrogen (secondary N) is 3. The van der Waals surface area contributed by atoms with Gasteiger partial charge in [0.2, 0.25) is 0 Å². The average Bonchev–Trinajstić information content (AvgIpc) is 3.20. The molecular weight excluding hydrogens is 298 g/mol. The molecule has 5 nitrogen and oxygen atoms in total. The van der Waals surface area contributed by atoms with Gasteiger partial charge in [0, 0.05) is 34.9 Å². The Labute approximate surface area is 140 Å². The average molecular weight is 317 g/mol. The topological polar surface area (TPSA) is 81.2 Å². The molecule has 0 saturated heterocycles. The summed E-state index contributed by atoms with van der Waals surface area (Å²) in [4.78, 5) is 15.1. The van der Waals surface area contributed by atoms with Crippen molar-refractivity contribution in [1.29, 1.82) is 5.41 Å². The highest BCUT2D eigenvalue weighted by molar-refractivity contribution is 6.08.